The van der Waals surface area contributed by atoms with Gasteiger partial charge in [0, 0.05) is 13.7 Å². The molecule has 2 rings (SSSR count). The van der Waals surface area contributed by atoms with Crippen LogP contribution in [-0.2, 0) is 18.6 Å². The predicted molar refractivity (Wildman–Crippen MR) is 157 cm³/mol. The second kappa shape index (κ2) is 13.9. The average Bonchev–Trinajstić information content (AvgIpc) is 2.86. The van der Waals surface area contributed by atoms with Gasteiger partial charge in [-0.15, -0.1) is 13.2 Å². The minimum Gasteiger partial charge on any atom is -0.444 e. The van der Waals surface area contributed by atoms with Crippen LogP contribution in [0.4, 0.5) is 4.79 Å². The fraction of sp³-hybridized carbons (Fsp3) is 0.452. The molecule has 0 spiro atoms. The molecule has 0 fully saturated rings. The Morgan fingerprint density at radius 1 is 0.947 bits per heavy atom. The van der Waals surface area contributed by atoms with Crippen molar-refractivity contribution in [1.82, 2.24) is 4.90 Å². The highest BCUT2D eigenvalue weighted by Crippen LogP contribution is 2.37. The summed E-state index contributed by atoms with van der Waals surface area (Å²) in [5, 5.41) is 2.07. The lowest BCUT2D eigenvalue weighted by Crippen LogP contribution is -2.68. The van der Waals surface area contributed by atoms with E-state index >= 15 is 0 Å². The minimum absolute atomic E-state index is 0.0443. The maximum atomic E-state index is 13.4. The van der Waals surface area contributed by atoms with Crippen LogP contribution in [0.5, 0.6) is 0 Å². The van der Waals surface area contributed by atoms with Gasteiger partial charge in [0.15, 0.2) is 0 Å². The topological polar surface area (TPSA) is 57.2 Å². The van der Waals surface area contributed by atoms with E-state index in [2.05, 4.69) is 58.2 Å². The van der Waals surface area contributed by atoms with Crippen LogP contribution in [0.3, 0.4) is 0 Å². The van der Waals surface area contributed by atoms with Crippen molar-refractivity contribution in [2.24, 2.45) is 0 Å². The highest BCUT2D eigenvalue weighted by Gasteiger charge is 2.51. The van der Waals surface area contributed by atoms with Gasteiger partial charge in [0.05, 0.1) is 12.6 Å². The Balaban J connectivity index is 2.65. The maximum absolute atomic E-state index is 13.4. The number of hydrogen-bond donors (Lipinski definition) is 0. The summed E-state index contributed by atoms with van der Waals surface area (Å²) in [6.07, 6.45) is 2.32. The zero-order valence-electron chi connectivity index (χ0n) is 24.1. The van der Waals surface area contributed by atoms with Crippen molar-refractivity contribution in [2.45, 2.75) is 64.3 Å². The van der Waals surface area contributed by atoms with Crippen molar-refractivity contribution in [1.29, 1.82) is 0 Å². The minimum atomic E-state index is -2.88. The SMILES string of the molecule is C=CCN(C(=O)OC(C)(C)C)[C@@H](CO[Si](c1ccccc1)(c1ccccc1)C(C)(C)C)[C@H](C=C)OCOC. The molecule has 2 atom stereocenters. The molecule has 0 bridgehead atoms. The molecule has 0 unspecified atom stereocenters. The summed E-state index contributed by atoms with van der Waals surface area (Å²) in [5.41, 5.74) is -0.670. The highest BCUT2D eigenvalue weighted by molar-refractivity contribution is 6.99. The molecule has 7 heteroatoms. The lowest BCUT2D eigenvalue weighted by Gasteiger charge is -2.45. The fourth-order valence-electron chi connectivity index (χ4n) is 4.62. The van der Waals surface area contributed by atoms with Gasteiger partial charge in [0.2, 0.25) is 0 Å². The first kappa shape index (κ1) is 31.5. The smallest absolute Gasteiger partial charge is 0.411 e. The van der Waals surface area contributed by atoms with E-state index in [0.29, 0.717) is 0 Å². The third kappa shape index (κ3) is 7.90. The second-order valence-electron chi connectivity index (χ2n) is 11.2. The van der Waals surface area contributed by atoms with Crippen LogP contribution in [0.2, 0.25) is 5.04 Å². The molecule has 6 nitrogen and oxygen atoms in total. The molecule has 38 heavy (non-hydrogen) atoms. The Morgan fingerprint density at radius 2 is 1.47 bits per heavy atom. The van der Waals surface area contributed by atoms with E-state index in [-0.39, 0.29) is 25.0 Å². The number of rotatable bonds is 13. The number of amides is 1. The summed E-state index contributed by atoms with van der Waals surface area (Å²) in [5.74, 6) is 0. The summed E-state index contributed by atoms with van der Waals surface area (Å²) in [6, 6.07) is 20.2. The largest absolute Gasteiger partial charge is 0.444 e. The molecule has 0 aromatic heterocycles. The Bertz CT molecular complexity index is 975. The molecule has 0 saturated heterocycles. The van der Waals surface area contributed by atoms with E-state index < -0.39 is 32.2 Å². The van der Waals surface area contributed by atoms with Gasteiger partial charge in [-0.1, -0.05) is 93.6 Å². The first-order valence-electron chi connectivity index (χ1n) is 13.0. The van der Waals surface area contributed by atoms with Gasteiger partial charge in [-0.3, -0.25) is 4.90 Å². The summed E-state index contributed by atoms with van der Waals surface area (Å²) < 4.78 is 24.1. The normalized spacial score (nSPS) is 13.9. The zero-order valence-corrected chi connectivity index (χ0v) is 25.1. The molecule has 1 amide bonds. The van der Waals surface area contributed by atoms with E-state index in [9.17, 15) is 4.79 Å². The Hall–Kier alpha value is -2.71. The first-order valence-corrected chi connectivity index (χ1v) is 14.9. The summed E-state index contributed by atoms with van der Waals surface area (Å²) in [7, 11) is -1.32. The molecule has 0 aliphatic carbocycles. The molecule has 0 radical (unpaired) electrons. The van der Waals surface area contributed by atoms with Gasteiger partial charge in [0.25, 0.3) is 8.32 Å². The van der Waals surface area contributed by atoms with Gasteiger partial charge in [-0.2, -0.15) is 0 Å². The van der Waals surface area contributed by atoms with Gasteiger partial charge >= 0.3 is 6.09 Å². The van der Waals surface area contributed by atoms with Crippen LogP contribution in [0.1, 0.15) is 41.5 Å². The Kier molecular flexibility index (Phi) is 11.5. The summed E-state index contributed by atoms with van der Waals surface area (Å²) >= 11 is 0. The molecule has 0 aliphatic heterocycles. The summed E-state index contributed by atoms with van der Waals surface area (Å²) in [4.78, 5) is 15.0. The van der Waals surface area contributed by atoms with Gasteiger partial charge in [-0.05, 0) is 36.2 Å². The molecular formula is C31H45NO5Si. The number of carbonyl (C=O) groups is 1. The Morgan fingerprint density at radius 3 is 1.87 bits per heavy atom. The molecule has 0 saturated carbocycles. The van der Waals surface area contributed by atoms with Crippen LogP contribution in [0.25, 0.3) is 0 Å². The van der Waals surface area contributed by atoms with E-state index in [1.807, 2.05) is 57.2 Å². The number of methoxy groups -OCH3 is 1. The van der Waals surface area contributed by atoms with Crippen molar-refractivity contribution in [3.63, 3.8) is 0 Å². The predicted octanol–water partition coefficient (Wildman–Crippen LogP) is 5.53. The molecule has 0 aliphatic rings. The monoisotopic (exact) mass is 539 g/mol. The van der Waals surface area contributed by atoms with Crippen LogP contribution < -0.4 is 10.4 Å². The lowest BCUT2D eigenvalue weighted by atomic mass is 10.1. The molecule has 2 aromatic carbocycles. The van der Waals surface area contributed by atoms with Gasteiger partial charge in [0.1, 0.15) is 18.5 Å². The van der Waals surface area contributed by atoms with E-state index in [4.69, 9.17) is 18.6 Å². The van der Waals surface area contributed by atoms with Crippen LogP contribution in [0, 0.1) is 0 Å². The lowest BCUT2D eigenvalue weighted by molar-refractivity contribution is -0.0876. The molecule has 0 heterocycles. The van der Waals surface area contributed by atoms with Crippen molar-refractivity contribution in [3.8, 4) is 0 Å². The third-order valence-electron chi connectivity index (χ3n) is 6.23. The highest BCUT2D eigenvalue weighted by atomic mass is 28.4. The fourth-order valence-corrected chi connectivity index (χ4v) is 9.20. The van der Waals surface area contributed by atoms with Crippen molar-refractivity contribution in [3.05, 3.63) is 86.0 Å². The number of hydrogen-bond acceptors (Lipinski definition) is 5. The van der Waals surface area contributed by atoms with Crippen LogP contribution in [-0.4, -0.2) is 64.1 Å². The number of benzene rings is 2. The van der Waals surface area contributed by atoms with Gasteiger partial charge in [-0.25, -0.2) is 4.79 Å². The number of carbonyl (C=O) groups excluding carboxylic acids is 1. The third-order valence-corrected chi connectivity index (χ3v) is 11.2. The molecular weight excluding hydrogens is 494 g/mol. The quantitative estimate of drug-likeness (QED) is 0.190. The second-order valence-corrected chi connectivity index (χ2v) is 15.5. The van der Waals surface area contributed by atoms with Crippen LogP contribution in [0.15, 0.2) is 86.0 Å². The number of ether oxygens (including phenoxy) is 3. The van der Waals surface area contributed by atoms with Crippen molar-refractivity contribution >= 4 is 24.8 Å². The molecule has 2 aromatic rings. The van der Waals surface area contributed by atoms with Crippen LogP contribution >= 0.6 is 0 Å². The molecule has 0 N–H and O–H groups in total. The summed E-state index contributed by atoms with van der Waals surface area (Å²) in [6.45, 7) is 20.6. The van der Waals surface area contributed by atoms with Crippen molar-refractivity contribution < 1.29 is 23.4 Å². The Labute approximate surface area is 230 Å². The number of nitrogens with zero attached hydrogens (tertiary/aromatic N) is 1. The standard InChI is InChI=1S/C31H45NO5Si/c1-10-22-32(29(33)37-30(3,4)5)27(28(11-2)35-24-34-9)23-36-38(31(6,7)8,25-18-14-12-15-19-25)26-20-16-13-17-21-26/h10-21,27-28H,1-2,22-24H2,3-9H3/t27-,28-/m0/s1. The van der Waals surface area contributed by atoms with E-state index in [0.717, 1.165) is 10.4 Å². The molecule has 208 valence electrons. The first-order chi connectivity index (χ1) is 17.9. The van der Waals surface area contributed by atoms with E-state index in [1.54, 1.807) is 24.2 Å². The zero-order chi connectivity index (χ0) is 28.4. The average molecular weight is 540 g/mol. The van der Waals surface area contributed by atoms with Crippen molar-refractivity contribution in [2.75, 3.05) is 27.1 Å². The maximum Gasteiger partial charge on any atom is 0.411 e. The van der Waals surface area contributed by atoms with Gasteiger partial charge < -0.3 is 18.6 Å². The van der Waals surface area contributed by atoms with E-state index in [1.165, 1.54) is 0 Å².